The topological polar surface area (TPSA) is 138 Å². The molecule has 0 fully saturated rings. The molecule has 0 aliphatic rings. The molecule has 0 aliphatic heterocycles. The first-order chi connectivity index (χ1) is 20.3. The van der Waals surface area contributed by atoms with Crippen molar-refractivity contribution in [1.29, 1.82) is 0 Å². The highest BCUT2D eigenvalue weighted by molar-refractivity contribution is 7.88. The van der Waals surface area contributed by atoms with E-state index in [4.69, 9.17) is 28.4 Å². The summed E-state index contributed by atoms with van der Waals surface area (Å²) in [6.07, 6.45) is 0.0554. The predicted octanol–water partition coefficient (Wildman–Crippen LogP) is 4.23. The lowest BCUT2D eigenvalue weighted by atomic mass is 10.0. The second-order valence-corrected chi connectivity index (χ2v) is 10.1. The first-order valence-electron chi connectivity index (χ1n) is 12.2. The average Bonchev–Trinajstić information content (AvgIpc) is 3.30. The van der Waals surface area contributed by atoms with Crippen LogP contribution < -0.4 is 23.1 Å². The van der Waals surface area contributed by atoms with E-state index in [1.165, 1.54) is 46.6 Å². The van der Waals surface area contributed by atoms with Crippen molar-refractivity contribution in [2.45, 2.75) is 18.5 Å². The number of halogens is 3. The molecule has 3 aromatic rings. The smallest absolute Gasteiger partial charge is 0.493 e. The fraction of sp³-hybridized carbons (Fsp3) is 0.333. The number of benzene rings is 2. The lowest BCUT2D eigenvalue weighted by Gasteiger charge is -2.14. The number of aryl methyl sites for hydroxylation is 1. The molecule has 1 aromatic heterocycles. The molecule has 0 saturated heterocycles. The van der Waals surface area contributed by atoms with Gasteiger partial charge in [0.25, 0.3) is 0 Å². The van der Waals surface area contributed by atoms with Crippen LogP contribution in [0.4, 0.5) is 13.2 Å². The van der Waals surface area contributed by atoms with Crippen LogP contribution in [0.25, 0.3) is 11.1 Å². The molecule has 0 aliphatic carbocycles. The molecule has 1 heterocycles. The van der Waals surface area contributed by atoms with Crippen molar-refractivity contribution in [3.8, 4) is 39.9 Å². The molecule has 16 heteroatoms. The summed E-state index contributed by atoms with van der Waals surface area (Å²) in [5.74, 6) is -2.47. The van der Waals surface area contributed by atoms with Gasteiger partial charge < -0.3 is 37.2 Å². The van der Waals surface area contributed by atoms with Crippen molar-refractivity contribution in [2.24, 2.45) is 0 Å². The molecule has 12 nitrogen and oxygen atoms in total. The second kappa shape index (κ2) is 13.1. The Bertz CT molecular complexity index is 1610. The van der Waals surface area contributed by atoms with Gasteiger partial charge in [-0.25, -0.2) is 9.59 Å². The third-order valence-corrected chi connectivity index (χ3v) is 7.15. The van der Waals surface area contributed by atoms with Gasteiger partial charge in [-0.05, 0) is 41.8 Å². The van der Waals surface area contributed by atoms with Gasteiger partial charge in [0.15, 0.2) is 34.4 Å². The Balaban J connectivity index is 2.41. The van der Waals surface area contributed by atoms with Crippen molar-refractivity contribution >= 4 is 22.1 Å². The van der Waals surface area contributed by atoms with E-state index in [1.807, 2.05) is 0 Å². The largest absolute Gasteiger partial charge is 0.534 e. The summed E-state index contributed by atoms with van der Waals surface area (Å²) in [7, 11) is 1.03. The third kappa shape index (κ3) is 6.58. The number of nitrogens with zero attached hydrogens (tertiary/aromatic N) is 1. The zero-order valence-electron chi connectivity index (χ0n) is 23.9. The number of hydrogen-bond donors (Lipinski definition) is 0. The number of hydrogen-bond acceptors (Lipinski definition) is 11. The minimum absolute atomic E-state index is 0.0554. The molecule has 0 saturated carbocycles. The van der Waals surface area contributed by atoms with E-state index >= 15 is 0 Å². The number of methoxy groups -OCH3 is 6. The van der Waals surface area contributed by atoms with Crippen LogP contribution in [-0.2, 0) is 32.6 Å². The fourth-order valence-corrected chi connectivity index (χ4v) is 4.68. The van der Waals surface area contributed by atoms with Crippen LogP contribution in [0.15, 0.2) is 36.4 Å². The molecule has 234 valence electrons. The highest BCUT2D eigenvalue weighted by atomic mass is 32.2. The molecular weight excluding hydrogens is 603 g/mol. The van der Waals surface area contributed by atoms with Gasteiger partial charge in [-0.2, -0.15) is 21.6 Å². The second-order valence-electron chi connectivity index (χ2n) is 8.53. The van der Waals surface area contributed by atoms with Crippen molar-refractivity contribution in [3.63, 3.8) is 0 Å². The Hall–Kier alpha value is -4.60. The number of rotatable bonds is 12. The van der Waals surface area contributed by atoms with Gasteiger partial charge in [-0.15, -0.1) is 0 Å². The number of alkyl halides is 3. The maximum atomic E-state index is 13.5. The fourth-order valence-electron chi connectivity index (χ4n) is 4.20. The van der Waals surface area contributed by atoms with Crippen LogP contribution in [0.1, 0.15) is 26.5 Å². The van der Waals surface area contributed by atoms with Crippen molar-refractivity contribution in [2.75, 3.05) is 42.7 Å². The molecule has 0 N–H and O–H groups in total. The average molecular weight is 632 g/mol. The highest BCUT2D eigenvalue weighted by Gasteiger charge is 2.50. The lowest BCUT2D eigenvalue weighted by molar-refractivity contribution is -0.0500. The van der Waals surface area contributed by atoms with Gasteiger partial charge in [0.1, 0.15) is 5.69 Å². The highest BCUT2D eigenvalue weighted by Crippen LogP contribution is 2.45. The molecule has 0 atom stereocenters. The summed E-state index contributed by atoms with van der Waals surface area (Å²) in [4.78, 5) is 26.3. The van der Waals surface area contributed by atoms with Gasteiger partial charge in [0.05, 0.1) is 48.2 Å². The third-order valence-electron chi connectivity index (χ3n) is 6.20. The Morgan fingerprint density at radius 3 is 1.77 bits per heavy atom. The van der Waals surface area contributed by atoms with E-state index in [9.17, 15) is 31.2 Å². The molecule has 0 amide bonds. The van der Waals surface area contributed by atoms with E-state index in [0.29, 0.717) is 17.1 Å². The Labute approximate surface area is 244 Å². The number of aromatic nitrogens is 1. The van der Waals surface area contributed by atoms with E-state index < -0.39 is 50.3 Å². The van der Waals surface area contributed by atoms with Crippen molar-refractivity contribution in [1.82, 2.24) is 4.57 Å². The van der Waals surface area contributed by atoms with E-state index in [-0.39, 0.29) is 30.0 Å². The van der Waals surface area contributed by atoms with Crippen LogP contribution in [-0.4, -0.2) is 73.1 Å². The SMILES string of the molecule is COC(=O)c1c(OS(=O)(=O)C(F)(F)F)c(-c2ccc(OC)c(OC)c2)c(C(=O)OC)n1CCc1ccc(OC)c(OC)c1. The number of esters is 2. The standard InChI is InChI=1S/C27H28F3NO11S/c1-36-17-9-7-15(13-19(17)38-3)11-12-31-22(25(32)40-5)21(16-8-10-18(37-2)20(14-16)39-4)24(23(31)26(33)41-6)42-43(34,35)27(28,29)30/h7-10,13-14H,11-12H2,1-6H3. The summed E-state index contributed by atoms with van der Waals surface area (Å²) in [6, 6.07) is 8.78. The molecule has 0 bridgehead atoms. The van der Waals surface area contributed by atoms with Crippen molar-refractivity contribution in [3.05, 3.63) is 53.3 Å². The molecular formula is C27H28F3NO11S. The molecule has 0 spiro atoms. The van der Waals surface area contributed by atoms with Gasteiger partial charge in [0.2, 0.25) is 0 Å². The zero-order valence-corrected chi connectivity index (χ0v) is 24.7. The summed E-state index contributed by atoms with van der Waals surface area (Å²) >= 11 is 0. The normalized spacial score (nSPS) is 11.5. The van der Waals surface area contributed by atoms with Gasteiger partial charge >= 0.3 is 27.6 Å². The first kappa shape index (κ1) is 32.9. The maximum Gasteiger partial charge on any atom is 0.534 e. The lowest BCUT2D eigenvalue weighted by Crippen LogP contribution is -2.29. The van der Waals surface area contributed by atoms with Gasteiger partial charge in [0, 0.05) is 6.54 Å². The minimum Gasteiger partial charge on any atom is -0.493 e. The molecule has 3 rings (SSSR count). The summed E-state index contributed by atoms with van der Waals surface area (Å²) < 4.78 is 101. The van der Waals surface area contributed by atoms with Crippen LogP contribution in [0.3, 0.4) is 0 Å². The van der Waals surface area contributed by atoms with Crippen LogP contribution >= 0.6 is 0 Å². The van der Waals surface area contributed by atoms with E-state index in [0.717, 1.165) is 18.8 Å². The summed E-state index contributed by atoms with van der Waals surface area (Å²) in [5, 5.41) is 0. The van der Waals surface area contributed by atoms with Crippen LogP contribution in [0, 0.1) is 0 Å². The Kier molecular flexibility index (Phi) is 10.1. The zero-order chi connectivity index (χ0) is 32.1. The van der Waals surface area contributed by atoms with Crippen LogP contribution in [0.5, 0.6) is 28.7 Å². The molecule has 2 aromatic carbocycles. The number of carbonyl (C=O) groups excluding carboxylic acids is 2. The minimum atomic E-state index is -6.35. The first-order valence-corrected chi connectivity index (χ1v) is 13.6. The van der Waals surface area contributed by atoms with Crippen molar-refractivity contribution < 1.29 is 63.8 Å². The quantitative estimate of drug-likeness (QED) is 0.161. The van der Waals surface area contributed by atoms with Gasteiger partial charge in [-0.1, -0.05) is 12.1 Å². The summed E-state index contributed by atoms with van der Waals surface area (Å²) in [6.45, 7) is -0.264. The molecule has 43 heavy (non-hydrogen) atoms. The Morgan fingerprint density at radius 1 is 0.744 bits per heavy atom. The predicted molar refractivity (Wildman–Crippen MR) is 145 cm³/mol. The van der Waals surface area contributed by atoms with E-state index in [2.05, 4.69) is 4.18 Å². The summed E-state index contributed by atoms with van der Waals surface area (Å²) in [5.41, 5.74) is -7.16. The number of carbonyl (C=O) groups is 2. The molecule has 0 radical (unpaired) electrons. The molecule has 0 unspecified atom stereocenters. The number of ether oxygens (including phenoxy) is 6. The van der Waals surface area contributed by atoms with Gasteiger partial charge in [-0.3, -0.25) is 0 Å². The Morgan fingerprint density at radius 2 is 1.26 bits per heavy atom. The van der Waals surface area contributed by atoms with Crippen LogP contribution in [0.2, 0.25) is 0 Å². The monoisotopic (exact) mass is 631 g/mol. The van der Waals surface area contributed by atoms with E-state index in [1.54, 1.807) is 18.2 Å². The maximum absolute atomic E-state index is 13.5.